The molecule has 0 spiro atoms. The highest BCUT2D eigenvalue weighted by atomic mass is 16.5. The number of hydrogen-bond donors (Lipinski definition) is 1. The maximum Gasteiger partial charge on any atom is 0.229 e. The molecule has 0 radical (unpaired) electrons. The van der Waals surface area contributed by atoms with Crippen molar-refractivity contribution in [1.82, 2.24) is 4.98 Å². The van der Waals surface area contributed by atoms with Gasteiger partial charge in [0.05, 0.1) is 18.4 Å². The van der Waals surface area contributed by atoms with Crippen molar-refractivity contribution in [2.24, 2.45) is 5.73 Å². The Morgan fingerprint density at radius 3 is 2.89 bits per heavy atom. The second kappa shape index (κ2) is 5.69. The minimum absolute atomic E-state index is 0.568. The van der Waals surface area contributed by atoms with Crippen LogP contribution in [0.5, 0.6) is 5.75 Å². The largest absolute Gasteiger partial charge is 0.496 e. The van der Waals surface area contributed by atoms with E-state index in [1.807, 2.05) is 12.1 Å². The van der Waals surface area contributed by atoms with Gasteiger partial charge in [0.1, 0.15) is 12.0 Å². The standard InChI is InChI=1S/C14H18N2O2/c1-3-10-4-5-13(17-2)12(8-10)14-16-11(6-7-15)9-18-14/h4-5,8-9H,3,6-7,15H2,1-2H3. The van der Waals surface area contributed by atoms with Crippen molar-refractivity contribution in [3.05, 3.63) is 35.7 Å². The molecule has 0 saturated carbocycles. The molecule has 0 bridgehead atoms. The second-order valence-electron chi connectivity index (χ2n) is 4.07. The van der Waals surface area contributed by atoms with Crippen LogP contribution in [0.3, 0.4) is 0 Å². The summed E-state index contributed by atoms with van der Waals surface area (Å²) >= 11 is 0. The van der Waals surface area contributed by atoms with Crippen LogP contribution in [0.15, 0.2) is 28.9 Å². The van der Waals surface area contributed by atoms with Crippen LogP contribution in [0.2, 0.25) is 0 Å². The predicted molar refractivity (Wildman–Crippen MR) is 70.6 cm³/mol. The summed E-state index contributed by atoms with van der Waals surface area (Å²) in [7, 11) is 1.65. The molecule has 1 heterocycles. The SMILES string of the molecule is CCc1ccc(OC)c(-c2nc(CCN)co2)c1. The molecule has 4 heteroatoms. The van der Waals surface area contributed by atoms with Crippen LogP contribution in [0, 0.1) is 0 Å². The maximum atomic E-state index is 5.50. The molecule has 0 fully saturated rings. The van der Waals surface area contributed by atoms with E-state index in [-0.39, 0.29) is 0 Å². The van der Waals surface area contributed by atoms with Gasteiger partial charge in [-0.05, 0) is 30.7 Å². The third-order valence-corrected chi connectivity index (χ3v) is 2.85. The molecule has 0 aliphatic rings. The summed E-state index contributed by atoms with van der Waals surface area (Å²) in [4.78, 5) is 4.43. The van der Waals surface area contributed by atoms with Gasteiger partial charge in [-0.15, -0.1) is 0 Å². The Labute approximate surface area is 107 Å². The smallest absolute Gasteiger partial charge is 0.229 e. The molecule has 0 aliphatic heterocycles. The van der Waals surface area contributed by atoms with E-state index < -0.39 is 0 Å². The van der Waals surface area contributed by atoms with E-state index in [1.54, 1.807) is 13.4 Å². The summed E-state index contributed by atoms with van der Waals surface area (Å²) in [6.07, 6.45) is 3.34. The van der Waals surface area contributed by atoms with Crippen molar-refractivity contribution in [3.63, 3.8) is 0 Å². The van der Waals surface area contributed by atoms with Crippen LogP contribution in [0.1, 0.15) is 18.2 Å². The number of aromatic nitrogens is 1. The first-order valence-corrected chi connectivity index (χ1v) is 6.10. The average Bonchev–Trinajstić information content (AvgIpc) is 2.87. The summed E-state index contributed by atoms with van der Waals surface area (Å²) < 4.78 is 10.8. The molecule has 0 unspecified atom stereocenters. The molecule has 2 aromatic rings. The average molecular weight is 246 g/mol. The quantitative estimate of drug-likeness (QED) is 0.880. The maximum absolute atomic E-state index is 5.50. The molecular formula is C14H18N2O2. The highest BCUT2D eigenvalue weighted by molar-refractivity contribution is 5.64. The number of oxazole rings is 1. The van der Waals surface area contributed by atoms with Gasteiger partial charge in [0.15, 0.2) is 0 Å². The molecule has 0 saturated heterocycles. The number of rotatable bonds is 5. The van der Waals surface area contributed by atoms with Crippen molar-refractivity contribution in [1.29, 1.82) is 0 Å². The number of benzene rings is 1. The van der Waals surface area contributed by atoms with Gasteiger partial charge in [-0.25, -0.2) is 4.98 Å². The summed E-state index contributed by atoms with van der Waals surface area (Å²) in [6, 6.07) is 6.05. The van der Waals surface area contributed by atoms with Gasteiger partial charge in [-0.1, -0.05) is 13.0 Å². The molecule has 0 aliphatic carbocycles. The highest BCUT2D eigenvalue weighted by Gasteiger charge is 2.12. The Bertz CT molecular complexity index is 520. The van der Waals surface area contributed by atoms with E-state index in [2.05, 4.69) is 18.0 Å². The van der Waals surface area contributed by atoms with Gasteiger partial charge >= 0.3 is 0 Å². The van der Waals surface area contributed by atoms with Crippen molar-refractivity contribution in [2.45, 2.75) is 19.8 Å². The van der Waals surface area contributed by atoms with Crippen LogP contribution in [0.25, 0.3) is 11.5 Å². The number of nitrogens with zero attached hydrogens (tertiary/aromatic N) is 1. The third-order valence-electron chi connectivity index (χ3n) is 2.85. The molecule has 18 heavy (non-hydrogen) atoms. The first-order chi connectivity index (χ1) is 8.78. The van der Waals surface area contributed by atoms with Crippen LogP contribution >= 0.6 is 0 Å². The molecule has 4 nitrogen and oxygen atoms in total. The summed E-state index contributed by atoms with van der Waals surface area (Å²) in [5, 5.41) is 0. The van der Waals surface area contributed by atoms with E-state index in [0.717, 1.165) is 29.8 Å². The molecule has 0 amide bonds. The fourth-order valence-electron chi connectivity index (χ4n) is 1.84. The van der Waals surface area contributed by atoms with Gasteiger partial charge in [0.2, 0.25) is 5.89 Å². The lowest BCUT2D eigenvalue weighted by atomic mass is 10.1. The zero-order valence-electron chi connectivity index (χ0n) is 10.8. The van der Waals surface area contributed by atoms with E-state index >= 15 is 0 Å². The molecule has 96 valence electrons. The fraction of sp³-hybridized carbons (Fsp3) is 0.357. The Kier molecular flexibility index (Phi) is 3.99. The normalized spacial score (nSPS) is 10.6. The minimum Gasteiger partial charge on any atom is -0.496 e. The Hall–Kier alpha value is -1.81. The van der Waals surface area contributed by atoms with Gasteiger partial charge in [0, 0.05) is 6.42 Å². The molecular weight excluding hydrogens is 228 g/mol. The number of ether oxygens (including phenoxy) is 1. The van der Waals surface area contributed by atoms with Crippen molar-refractivity contribution in [2.75, 3.05) is 13.7 Å². The zero-order chi connectivity index (χ0) is 13.0. The van der Waals surface area contributed by atoms with Crippen molar-refractivity contribution in [3.8, 4) is 17.2 Å². The number of methoxy groups -OCH3 is 1. The molecule has 2 rings (SSSR count). The number of hydrogen-bond acceptors (Lipinski definition) is 4. The van der Waals surface area contributed by atoms with E-state index in [9.17, 15) is 0 Å². The Balaban J connectivity index is 2.40. The summed E-state index contributed by atoms with van der Waals surface area (Å²) in [5.74, 6) is 1.36. The van der Waals surface area contributed by atoms with Crippen LogP contribution in [-0.2, 0) is 12.8 Å². The predicted octanol–water partition coefficient (Wildman–Crippen LogP) is 2.41. The lowest BCUT2D eigenvalue weighted by Gasteiger charge is -2.07. The van der Waals surface area contributed by atoms with Crippen molar-refractivity contribution >= 4 is 0 Å². The number of nitrogens with two attached hydrogens (primary N) is 1. The second-order valence-corrected chi connectivity index (χ2v) is 4.07. The van der Waals surface area contributed by atoms with Crippen molar-refractivity contribution < 1.29 is 9.15 Å². The molecule has 0 atom stereocenters. The lowest BCUT2D eigenvalue weighted by Crippen LogP contribution is -2.02. The van der Waals surface area contributed by atoms with Crippen LogP contribution in [-0.4, -0.2) is 18.6 Å². The zero-order valence-corrected chi connectivity index (χ0v) is 10.8. The van der Waals surface area contributed by atoms with E-state index in [0.29, 0.717) is 12.4 Å². The topological polar surface area (TPSA) is 61.3 Å². The third kappa shape index (κ3) is 2.54. The van der Waals surface area contributed by atoms with Gasteiger partial charge in [-0.2, -0.15) is 0 Å². The first-order valence-electron chi connectivity index (χ1n) is 6.10. The molecule has 1 aromatic heterocycles. The van der Waals surface area contributed by atoms with Gasteiger partial charge in [0.25, 0.3) is 0 Å². The van der Waals surface area contributed by atoms with Gasteiger partial charge in [-0.3, -0.25) is 0 Å². The van der Waals surface area contributed by atoms with Gasteiger partial charge < -0.3 is 14.9 Å². The summed E-state index contributed by atoms with van der Waals surface area (Å²) in [5.41, 5.74) is 8.49. The summed E-state index contributed by atoms with van der Waals surface area (Å²) in [6.45, 7) is 2.68. The lowest BCUT2D eigenvalue weighted by molar-refractivity contribution is 0.414. The molecule has 2 N–H and O–H groups in total. The molecule has 1 aromatic carbocycles. The van der Waals surface area contributed by atoms with Crippen LogP contribution in [0.4, 0.5) is 0 Å². The van der Waals surface area contributed by atoms with Crippen LogP contribution < -0.4 is 10.5 Å². The van der Waals surface area contributed by atoms with E-state index in [1.165, 1.54) is 5.56 Å². The van der Waals surface area contributed by atoms with E-state index in [4.69, 9.17) is 14.9 Å². The highest BCUT2D eigenvalue weighted by Crippen LogP contribution is 2.30. The Morgan fingerprint density at radius 1 is 1.39 bits per heavy atom. The fourth-order valence-corrected chi connectivity index (χ4v) is 1.84. The monoisotopic (exact) mass is 246 g/mol. The minimum atomic E-state index is 0.568. The number of aryl methyl sites for hydroxylation is 1. The Morgan fingerprint density at radius 2 is 2.22 bits per heavy atom. The first kappa shape index (κ1) is 12.6.